The van der Waals surface area contributed by atoms with Crippen LogP contribution in [-0.4, -0.2) is 11.1 Å². The van der Waals surface area contributed by atoms with E-state index in [9.17, 15) is 4.79 Å². The first kappa shape index (κ1) is 16.2. The van der Waals surface area contributed by atoms with Gasteiger partial charge in [0.25, 0.3) is 0 Å². The van der Waals surface area contributed by atoms with E-state index in [0.29, 0.717) is 0 Å². The fourth-order valence-electron chi connectivity index (χ4n) is 1.57. The van der Waals surface area contributed by atoms with Gasteiger partial charge in [0, 0.05) is 0 Å². The van der Waals surface area contributed by atoms with Crippen molar-refractivity contribution in [3.63, 3.8) is 0 Å². The first-order valence-electron chi connectivity index (χ1n) is 5.07. The molecule has 2 aromatic carbocycles. The summed E-state index contributed by atoms with van der Waals surface area (Å²) in [6, 6.07) is 12.7. The van der Waals surface area contributed by atoms with Gasteiger partial charge in [-0.1, -0.05) is 53.5 Å². The zero-order valence-corrected chi connectivity index (χ0v) is 12.8. The number of hydrogen-bond acceptors (Lipinski definition) is 3. The van der Waals surface area contributed by atoms with Gasteiger partial charge in [-0.25, -0.2) is 4.79 Å². The van der Waals surface area contributed by atoms with Crippen molar-refractivity contribution in [2.45, 2.75) is 0 Å². The van der Waals surface area contributed by atoms with Gasteiger partial charge in [-0.15, -0.1) is 23.3 Å². The number of aromatic carboxylic acids is 1. The molecule has 0 radical (unpaired) electrons. The topological polar surface area (TPSA) is 37.3 Å². The van der Waals surface area contributed by atoms with E-state index in [-0.39, 0.29) is 15.6 Å². The summed E-state index contributed by atoms with van der Waals surface area (Å²) < 4.78 is 0. The molecule has 1 N–H and O–H groups in total. The van der Waals surface area contributed by atoms with Crippen LogP contribution < -0.4 is 0 Å². The van der Waals surface area contributed by atoms with Crippen LogP contribution in [0.15, 0.2) is 42.5 Å². The quantitative estimate of drug-likeness (QED) is 0.527. The summed E-state index contributed by atoms with van der Waals surface area (Å²) in [5.74, 6) is -1.13. The zero-order chi connectivity index (χ0) is 14.4. The van der Waals surface area contributed by atoms with Crippen molar-refractivity contribution in [3.05, 3.63) is 58.1 Å². The van der Waals surface area contributed by atoms with Crippen molar-refractivity contribution in [2.75, 3.05) is 0 Å². The molecule has 0 unspecified atom stereocenters. The number of rotatable bonds is 2. The third-order valence-electron chi connectivity index (χ3n) is 2.36. The smallest absolute Gasteiger partial charge is 0.338 e. The number of thiol groups is 2. The Bertz CT molecular complexity index is 551. The molecule has 2 nitrogen and oxygen atoms in total. The normalized spacial score (nSPS) is 9.47. The Kier molecular flexibility index (Phi) is 6.58. The summed E-state index contributed by atoms with van der Waals surface area (Å²) >= 11 is 18.3. The fourth-order valence-corrected chi connectivity index (χ4v) is 2.22. The molecular formula is C13H10Cl2O2S2. The molecule has 2 aromatic rings. The van der Waals surface area contributed by atoms with E-state index < -0.39 is 5.97 Å². The van der Waals surface area contributed by atoms with E-state index in [1.54, 1.807) is 12.1 Å². The number of carboxylic acids is 1. The molecule has 100 valence electrons. The molecule has 19 heavy (non-hydrogen) atoms. The van der Waals surface area contributed by atoms with Crippen molar-refractivity contribution >= 4 is 52.5 Å². The monoisotopic (exact) mass is 332 g/mol. The predicted octanol–water partition coefficient (Wildman–Crippen LogP) is 5.12. The summed E-state index contributed by atoms with van der Waals surface area (Å²) in [5, 5.41) is 9.22. The molecule has 0 aliphatic heterocycles. The van der Waals surface area contributed by atoms with Gasteiger partial charge in [0.05, 0.1) is 15.6 Å². The van der Waals surface area contributed by atoms with E-state index in [0.717, 1.165) is 11.1 Å². The Morgan fingerprint density at radius 2 is 1.42 bits per heavy atom. The van der Waals surface area contributed by atoms with Crippen molar-refractivity contribution in [2.24, 2.45) is 0 Å². The van der Waals surface area contributed by atoms with Gasteiger partial charge in [-0.05, 0) is 23.3 Å². The highest BCUT2D eigenvalue weighted by atomic mass is 35.5. The van der Waals surface area contributed by atoms with Gasteiger partial charge in [0.2, 0.25) is 0 Å². The summed E-state index contributed by atoms with van der Waals surface area (Å²) in [7, 11) is 0. The highest BCUT2D eigenvalue weighted by Crippen LogP contribution is 2.31. The summed E-state index contributed by atoms with van der Waals surface area (Å²) in [6.45, 7) is 0. The maximum Gasteiger partial charge on any atom is 0.338 e. The molecule has 0 aliphatic carbocycles. The van der Waals surface area contributed by atoms with E-state index in [1.165, 1.54) is 0 Å². The third kappa shape index (κ3) is 4.08. The number of hydrogen-bond donors (Lipinski definition) is 3. The lowest BCUT2D eigenvalue weighted by atomic mass is 10.0. The van der Waals surface area contributed by atoms with E-state index in [1.807, 2.05) is 30.3 Å². The Labute approximate surface area is 131 Å². The predicted molar refractivity (Wildman–Crippen MR) is 86.8 cm³/mol. The Morgan fingerprint density at radius 1 is 0.947 bits per heavy atom. The van der Waals surface area contributed by atoms with Crippen LogP contribution in [0.5, 0.6) is 0 Å². The van der Waals surface area contributed by atoms with Crippen molar-refractivity contribution in [3.8, 4) is 11.1 Å². The molecule has 0 spiro atoms. The second-order valence-corrected chi connectivity index (χ2v) is 4.30. The molecule has 0 amide bonds. The third-order valence-corrected chi connectivity index (χ3v) is 2.96. The molecule has 0 saturated heterocycles. The molecule has 6 heteroatoms. The number of carbonyl (C=O) groups is 1. The fraction of sp³-hybridized carbons (Fsp3) is 0. The first-order chi connectivity index (χ1) is 9.09. The lowest BCUT2D eigenvalue weighted by molar-refractivity contribution is 0.0697. The Balaban J connectivity index is 0.000000861. The van der Waals surface area contributed by atoms with Crippen molar-refractivity contribution in [1.82, 2.24) is 0 Å². The van der Waals surface area contributed by atoms with Crippen LogP contribution in [0.2, 0.25) is 10.0 Å². The van der Waals surface area contributed by atoms with Crippen molar-refractivity contribution < 1.29 is 9.90 Å². The summed E-state index contributed by atoms with van der Waals surface area (Å²) in [6.07, 6.45) is 0. The second kappa shape index (κ2) is 7.70. The summed E-state index contributed by atoms with van der Waals surface area (Å²) in [5.41, 5.74) is 1.67. The SMILES string of the molecule is O=C(O)c1c(Cl)cc(-c2ccccc2)cc1Cl.SS. The molecule has 0 fully saturated rings. The maximum atomic E-state index is 10.9. The molecule has 2 rings (SSSR count). The van der Waals surface area contributed by atoms with Crippen LogP contribution in [0.4, 0.5) is 0 Å². The summed E-state index contributed by atoms with van der Waals surface area (Å²) in [4.78, 5) is 10.9. The van der Waals surface area contributed by atoms with Gasteiger partial charge < -0.3 is 5.11 Å². The highest BCUT2D eigenvalue weighted by Gasteiger charge is 2.15. The Hall–Kier alpha value is -0.810. The van der Waals surface area contributed by atoms with Crippen LogP contribution in [0, 0.1) is 0 Å². The lowest BCUT2D eigenvalue weighted by Crippen LogP contribution is -1.99. The number of carboxylic acid groups (broad SMARTS) is 1. The van der Waals surface area contributed by atoms with E-state index in [2.05, 4.69) is 23.3 Å². The average molecular weight is 333 g/mol. The average Bonchev–Trinajstić information content (AvgIpc) is 2.40. The standard InChI is InChI=1S/C13H8Cl2O2.H2S2/c14-10-6-9(8-4-2-1-3-5-8)7-11(15)12(10)13(16)17;1-2/h1-7H,(H,16,17);1-2H. The molecule has 0 atom stereocenters. The minimum Gasteiger partial charge on any atom is -0.478 e. The van der Waals surface area contributed by atoms with E-state index >= 15 is 0 Å². The molecule has 0 heterocycles. The zero-order valence-electron chi connectivity index (χ0n) is 9.55. The largest absolute Gasteiger partial charge is 0.478 e. The van der Waals surface area contributed by atoms with Crippen LogP contribution in [0.25, 0.3) is 11.1 Å². The van der Waals surface area contributed by atoms with E-state index in [4.69, 9.17) is 28.3 Å². The molecule has 0 bridgehead atoms. The van der Waals surface area contributed by atoms with Gasteiger partial charge >= 0.3 is 5.97 Å². The second-order valence-electron chi connectivity index (χ2n) is 3.49. The molecule has 0 aliphatic rings. The first-order valence-corrected chi connectivity index (χ1v) is 7.43. The van der Waals surface area contributed by atoms with Gasteiger partial charge in [-0.3, -0.25) is 0 Å². The van der Waals surface area contributed by atoms with Gasteiger partial charge in [-0.2, -0.15) is 0 Å². The van der Waals surface area contributed by atoms with Crippen LogP contribution in [0.1, 0.15) is 10.4 Å². The van der Waals surface area contributed by atoms with Gasteiger partial charge in [0.15, 0.2) is 0 Å². The van der Waals surface area contributed by atoms with Crippen LogP contribution >= 0.6 is 46.5 Å². The van der Waals surface area contributed by atoms with Gasteiger partial charge in [0.1, 0.15) is 0 Å². The minimum absolute atomic E-state index is 0.0620. The maximum absolute atomic E-state index is 10.9. The minimum atomic E-state index is -1.13. The van der Waals surface area contributed by atoms with Crippen LogP contribution in [-0.2, 0) is 0 Å². The number of halogens is 2. The molecule has 0 aromatic heterocycles. The number of benzene rings is 2. The van der Waals surface area contributed by atoms with Crippen LogP contribution in [0.3, 0.4) is 0 Å². The lowest BCUT2D eigenvalue weighted by Gasteiger charge is -2.06. The molecular weight excluding hydrogens is 323 g/mol. The van der Waals surface area contributed by atoms with Crippen molar-refractivity contribution in [1.29, 1.82) is 0 Å². The molecule has 0 saturated carbocycles. The highest BCUT2D eigenvalue weighted by molar-refractivity contribution is 8.59. The Morgan fingerprint density at radius 3 is 1.84 bits per heavy atom.